The first kappa shape index (κ1) is 15.5. The number of amides is 1. The van der Waals surface area contributed by atoms with Crippen molar-refractivity contribution in [3.63, 3.8) is 0 Å². The highest BCUT2D eigenvalue weighted by atomic mass is 16.4. The lowest BCUT2D eigenvalue weighted by molar-refractivity contribution is -0.137. The van der Waals surface area contributed by atoms with Gasteiger partial charge in [0.1, 0.15) is 6.54 Å². The van der Waals surface area contributed by atoms with Crippen LogP contribution in [-0.4, -0.2) is 54.0 Å². The van der Waals surface area contributed by atoms with Crippen LogP contribution in [0.1, 0.15) is 28.8 Å². The third kappa shape index (κ3) is 4.86. The predicted octanol–water partition coefficient (Wildman–Crippen LogP) is 1.68. The highest BCUT2D eigenvalue weighted by Gasteiger charge is 2.28. The van der Waals surface area contributed by atoms with Gasteiger partial charge in [-0.25, -0.2) is 0 Å². The van der Waals surface area contributed by atoms with Gasteiger partial charge in [0.15, 0.2) is 0 Å². The van der Waals surface area contributed by atoms with Crippen LogP contribution in [0.4, 0.5) is 0 Å². The fraction of sp³-hybridized carbons (Fsp3) is 0.500. The number of nitrogens with zero attached hydrogens (tertiary/aromatic N) is 2. The normalized spacial score (nSPS) is 14.2. The molecule has 0 atom stereocenters. The van der Waals surface area contributed by atoms with E-state index in [2.05, 4.69) is 4.90 Å². The smallest absolute Gasteiger partial charge is 0.323 e. The van der Waals surface area contributed by atoms with Crippen molar-refractivity contribution in [3.8, 4) is 0 Å². The first-order chi connectivity index (χ1) is 9.95. The maximum Gasteiger partial charge on any atom is 0.323 e. The van der Waals surface area contributed by atoms with Gasteiger partial charge in [-0.3, -0.25) is 9.59 Å². The van der Waals surface area contributed by atoms with Crippen molar-refractivity contribution in [1.29, 1.82) is 0 Å². The van der Waals surface area contributed by atoms with E-state index in [0.29, 0.717) is 18.0 Å². The zero-order valence-electron chi connectivity index (χ0n) is 12.6. The van der Waals surface area contributed by atoms with Crippen molar-refractivity contribution in [2.45, 2.75) is 19.4 Å². The molecule has 1 aromatic carbocycles. The van der Waals surface area contributed by atoms with Gasteiger partial charge in [-0.2, -0.15) is 0 Å². The zero-order chi connectivity index (χ0) is 15.4. The van der Waals surface area contributed by atoms with E-state index in [1.54, 1.807) is 12.1 Å². The zero-order valence-corrected chi connectivity index (χ0v) is 12.6. The Morgan fingerprint density at radius 2 is 1.81 bits per heavy atom. The quantitative estimate of drug-likeness (QED) is 0.830. The van der Waals surface area contributed by atoms with E-state index in [4.69, 9.17) is 5.11 Å². The first-order valence-corrected chi connectivity index (χ1v) is 7.20. The summed E-state index contributed by atoms with van der Waals surface area (Å²) in [4.78, 5) is 26.9. The van der Waals surface area contributed by atoms with Crippen LogP contribution in [0.15, 0.2) is 24.3 Å². The van der Waals surface area contributed by atoms with E-state index in [-0.39, 0.29) is 12.5 Å². The number of hydrogen-bond donors (Lipinski definition) is 1. The molecule has 0 heterocycles. The molecule has 1 aliphatic carbocycles. The van der Waals surface area contributed by atoms with Gasteiger partial charge in [-0.05, 0) is 50.6 Å². The van der Waals surface area contributed by atoms with Crippen molar-refractivity contribution in [1.82, 2.24) is 9.80 Å². The molecule has 0 spiro atoms. The van der Waals surface area contributed by atoms with Crippen LogP contribution in [0, 0.1) is 5.92 Å². The van der Waals surface area contributed by atoms with Crippen LogP contribution in [0.2, 0.25) is 0 Å². The summed E-state index contributed by atoms with van der Waals surface area (Å²) in [6, 6.07) is 7.40. The standard InChI is InChI=1S/C16H22N2O3/c1-17(2)9-12-5-7-14(8-6-12)16(21)18(11-15(19)20)10-13-3-4-13/h5-8,13H,3-4,9-11H2,1-2H3,(H,19,20). The molecule has 0 bridgehead atoms. The lowest BCUT2D eigenvalue weighted by atomic mass is 10.1. The molecule has 1 amide bonds. The third-order valence-electron chi connectivity index (χ3n) is 3.49. The highest BCUT2D eigenvalue weighted by molar-refractivity contribution is 5.95. The Labute approximate surface area is 125 Å². The summed E-state index contributed by atoms with van der Waals surface area (Å²) < 4.78 is 0. The first-order valence-electron chi connectivity index (χ1n) is 7.20. The molecule has 114 valence electrons. The molecule has 1 aromatic rings. The molecule has 0 unspecified atom stereocenters. The van der Waals surface area contributed by atoms with Gasteiger partial charge in [-0.1, -0.05) is 12.1 Å². The van der Waals surface area contributed by atoms with Gasteiger partial charge < -0.3 is 14.9 Å². The molecule has 0 saturated heterocycles. The summed E-state index contributed by atoms with van der Waals surface area (Å²) in [6.07, 6.45) is 2.18. The monoisotopic (exact) mass is 290 g/mol. The second-order valence-corrected chi connectivity index (χ2v) is 5.96. The van der Waals surface area contributed by atoms with Gasteiger partial charge in [0, 0.05) is 18.7 Å². The highest BCUT2D eigenvalue weighted by Crippen LogP contribution is 2.30. The van der Waals surface area contributed by atoms with Gasteiger partial charge in [0.05, 0.1) is 0 Å². The molecule has 0 aromatic heterocycles. The predicted molar refractivity (Wildman–Crippen MR) is 80.1 cm³/mol. The van der Waals surface area contributed by atoms with Gasteiger partial charge in [-0.15, -0.1) is 0 Å². The van der Waals surface area contributed by atoms with Gasteiger partial charge >= 0.3 is 5.97 Å². The summed E-state index contributed by atoms with van der Waals surface area (Å²) >= 11 is 0. The van der Waals surface area contributed by atoms with E-state index >= 15 is 0 Å². The van der Waals surface area contributed by atoms with Crippen LogP contribution >= 0.6 is 0 Å². The largest absolute Gasteiger partial charge is 0.480 e. The Bertz CT molecular complexity index is 507. The number of carboxylic acids is 1. The number of carbonyl (C=O) groups excluding carboxylic acids is 1. The average Bonchev–Trinajstić information content (AvgIpc) is 3.21. The van der Waals surface area contributed by atoms with Crippen molar-refractivity contribution < 1.29 is 14.7 Å². The fourth-order valence-electron chi connectivity index (χ4n) is 2.30. The van der Waals surface area contributed by atoms with E-state index in [9.17, 15) is 9.59 Å². The lowest BCUT2D eigenvalue weighted by Gasteiger charge is -2.20. The summed E-state index contributed by atoms with van der Waals surface area (Å²) in [6.45, 7) is 1.13. The van der Waals surface area contributed by atoms with Crippen LogP contribution in [0.3, 0.4) is 0 Å². The number of benzene rings is 1. The molecule has 5 heteroatoms. The van der Waals surface area contributed by atoms with Gasteiger partial charge in [0.2, 0.25) is 0 Å². The molecule has 2 rings (SSSR count). The second kappa shape index (κ2) is 6.72. The molecule has 1 fully saturated rings. The third-order valence-corrected chi connectivity index (χ3v) is 3.49. The molecule has 1 aliphatic rings. The summed E-state index contributed by atoms with van der Waals surface area (Å²) in [5.74, 6) is -0.685. The molecule has 1 saturated carbocycles. The molecule has 5 nitrogen and oxygen atoms in total. The van der Waals surface area contributed by atoms with Crippen LogP contribution in [0.25, 0.3) is 0 Å². The molecule has 1 N–H and O–H groups in total. The molecule has 0 aliphatic heterocycles. The number of aliphatic carboxylic acids is 1. The number of rotatable bonds is 7. The molecular formula is C16H22N2O3. The van der Waals surface area contributed by atoms with Crippen molar-refractivity contribution in [2.24, 2.45) is 5.92 Å². The van der Waals surface area contributed by atoms with E-state index in [1.165, 1.54) is 4.90 Å². The van der Waals surface area contributed by atoms with Gasteiger partial charge in [0.25, 0.3) is 5.91 Å². The fourth-order valence-corrected chi connectivity index (χ4v) is 2.30. The maximum atomic E-state index is 12.4. The Morgan fingerprint density at radius 1 is 1.19 bits per heavy atom. The SMILES string of the molecule is CN(C)Cc1ccc(C(=O)N(CC(=O)O)CC2CC2)cc1. The Balaban J connectivity index is 2.05. The average molecular weight is 290 g/mol. The minimum atomic E-state index is -0.965. The van der Waals surface area contributed by atoms with E-state index in [0.717, 1.165) is 24.9 Å². The molecule has 0 radical (unpaired) electrons. The molecule has 21 heavy (non-hydrogen) atoms. The lowest BCUT2D eigenvalue weighted by Crippen LogP contribution is -2.37. The minimum Gasteiger partial charge on any atom is -0.480 e. The van der Waals surface area contributed by atoms with Crippen molar-refractivity contribution >= 4 is 11.9 Å². The summed E-state index contributed by atoms with van der Waals surface area (Å²) in [7, 11) is 3.98. The number of carbonyl (C=O) groups is 2. The van der Waals surface area contributed by atoms with Crippen LogP contribution in [0.5, 0.6) is 0 Å². The number of carboxylic acid groups (broad SMARTS) is 1. The Hall–Kier alpha value is -1.88. The van der Waals surface area contributed by atoms with E-state index < -0.39 is 5.97 Å². The van der Waals surface area contributed by atoms with Crippen LogP contribution < -0.4 is 0 Å². The Kier molecular flexibility index (Phi) is 4.96. The van der Waals surface area contributed by atoms with Crippen LogP contribution in [-0.2, 0) is 11.3 Å². The maximum absolute atomic E-state index is 12.4. The summed E-state index contributed by atoms with van der Waals surface area (Å²) in [5.41, 5.74) is 1.68. The van der Waals surface area contributed by atoms with E-state index in [1.807, 2.05) is 26.2 Å². The summed E-state index contributed by atoms with van der Waals surface area (Å²) in [5, 5.41) is 8.96. The topological polar surface area (TPSA) is 60.9 Å². The second-order valence-electron chi connectivity index (χ2n) is 5.96. The number of hydrogen-bond acceptors (Lipinski definition) is 3. The van der Waals surface area contributed by atoms with Crippen molar-refractivity contribution in [3.05, 3.63) is 35.4 Å². The molecular weight excluding hydrogens is 268 g/mol. The Morgan fingerprint density at radius 3 is 2.29 bits per heavy atom. The van der Waals surface area contributed by atoms with Crippen molar-refractivity contribution in [2.75, 3.05) is 27.2 Å². The minimum absolute atomic E-state index is 0.194.